The minimum absolute atomic E-state index is 0.0554. The molecule has 0 heterocycles. The van der Waals surface area contributed by atoms with Crippen LogP contribution in [0.5, 0.6) is 0 Å². The lowest BCUT2D eigenvalue weighted by Crippen LogP contribution is -2.29. The van der Waals surface area contributed by atoms with Gasteiger partial charge in [-0.15, -0.1) is 0 Å². The summed E-state index contributed by atoms with van der Waals surface area (Å²) in [5.41, 5.74) is 5.34. The molecule has 9 nitrogen and oxygen atoms in total. The first-order chi connectivity index (χ1) is 24.8. The third-order valence-electron chi connectivity index (χ3n) is 9.15. The van der Waals surface area contributed by atoms with Crippen LogP contribution in [0.1, 0.15) is 206 Å². The second-order valence-corrected chi connectivity index (χ2v) is 15.7. The highest BCUT2D eigenvalue weighted by atomic mass is 31.2. The van der Waals surface area contributed by atoms with Crippen molar-refractivity contribution in [3.63, 3.8) is 0 Å². The fourth-order valence-corrected chi connectivity index (χ4v) is 6.75. The zero-order valence-corrected chi connectivity index (χ0v) is 34.0. The Kier molecular flexibility index (Phi) is 37.5. The van der Waals surface area contributed by atoms with Gasteiger partial charge in [0.15, 0.2) is 6.10 Å². The summed E-state index contributed by atoms with van der Waals surface area (Å²) in [5.74, 6) is -0.825. The predicted octanol–water partition coefficient (Wildman–Crippen LogP) is 11.8. The number of ether oxygens (including phenoxy) is 2. The smallest absolute Gasteiger partial charge is 0.462 e. The van der Waals surface area contributed by atoms with Gasteiger partial charge in [-0.2, -0.15) is 0 Å². The standard InChI is InChI=1S/C41H80NO8P/c1-3-5-7-9-11-13-15-17-18-19-20-22-24-26-28-30-32-34-41(44)50-39(38-49-51(45,46)48-36-35-42)37-47-40(43)33-31-29-27-25-23-21-16-14-12-10-8-6-4-2/h17-18,39H,3-16,19-38,42H2,1-2H3,(H,45,46)/t39-/m1/s1. The molecule has 302 valence electrons. The van der Waals surface area contributed by atoms with Crippen LogP contribution in [0.25, 0.3) is 0 Å². The number of rotatable bonds is 40. The quantitative estimate of drug-likeness (QED) is 0.0272. The number of hydrogen-bond donors (Lipinski definition) is 2. The molecule has 0 aliphatic carbocycles. The van der Waals surface area contributed by atoms with E-state index >= 15 is 0 Å². The zero-order valence-electron chi connectivity index (χ0n) is 33.1. The van der Waals surface area contributed by atoms with Gasteiger partial charge in [0, 0.05) is 19.4 Å². The number of nitrogens with two attached hydrogens (primary N) is 1. The first-order valence-electron chi connectivity index (χ1n) is 21.2. The Morgan fingerprint density at radius 1 is 0.569 bits per heavy atom. The monoisotopic (exact) mass is 746 g/mol. The van der Waals surface area contributed by atoms with Crippen LogP contribution in [0, 0.1) is 0 Å². The molecule has 0 bridgehead atoms. The van der Waals surface area contributed by atoms with Crippen LogP contribution in [0.4, 0.5) is 0 Å². The van der Waals surface area contributed by atoms with Gasteiger partial charge in [0.1, 0.15) is 6.61 Å². The Hall–Kier alpha value is -1.25. The summed E-state index contributed by atoms with van der Waals surface area (Å²) < 4.78 is 32.7. The summed E-state index contributed by atoms with van der Waals surface area (Å²) >= 11 is 0. The molecule has 0 fully saturated rings. The van der Waals surface area contributed by atoms with Crippen molar-refractivity contribution in [1.29, 1.82) is 0 Å². The molecular weight excluding hydrogens is 665 g/mol. The van der Waals surface area contributed by atoms with E-state index in [9.17, 15) is 19.0 Å². The van der Waals surface area contributed by atoms with Crippen LogP contribution in [-0.2, 0) is 32.7 Å². The Morgan fingerprint density at radius 3 is 1.39 bits per heavy atom. The van der Waals surface area contributed by atoms with Crippen molar-refractivity contribution in [1.82, 2.24) is 0 Å². The molecule has 0 aliphatic rings. The van der Waals surface area contributed by atoms with E-state index in [0.29, 0.717) is 6.42 Å². The maximum Gasteiger partial charge on any atom is 0.472 e. The van der Waals surface area contributed by atoms with Gasteiger partial charge in [-0.1, -0.05) is 167 Å². The normalized spacial score (nSPS) is 13.4. The van der Waals surface area contributed by atoms with Crippen molar-refractivity contribution in [2.24, 2.45) is 5.73 Å². The van der Waals surface area contributed by atoms with E-state index in [2.05, 4.69) is 26.0 Å². The minimum Gasteiger partial charge on any atom is -0.462 e. The summed E-state index contributed by atoms with van der Waals surface area (Å²) in [6, 6.07) is 0. The molecule has 0 aromatic heterocycles. The molecule has 0 aromatic rings. The van der Waals surface area contributed by atoms with Crippen LogP contribution in [0.15, 0.2) is 12.2 Å². The molecule has 0 rings (SSSR count). The zero-order chi connectivity index (χ0) is 37.5. The lowest BCUT2D eigenvalue weighted by molar-refractivity contribution is -0.161. The van der Waals surface area contributed by atoms with E-state index in [4.69, 9.17) is 24.3 Å². The summed E-state index contributed by atoms with van der Waals surface area (Å²) in [4.78, 5) is 34.8. The Bertz CT molecular complexity index is 856. The Balaban J connectivity index is 4.14. The number of phosphoric ester groups is 1. The van der Waals surface area contributed by atoms with E-state index in [1.807, 2.05) is 0 Å². The van der Waals surface area contributed by atoms with Crippen LogP contribution in [0.2, 0.25) is 0 Å². The molecular formula is C41H80NO8P. The van der Waals surface area contributed by atoms with Crippen molar-refractivity contribution < 1.29 is 37.6 Å². The number of carbonyl (C=O) groups excluding carboxylic acids is 2. The van der Waals surface area contributed by atoms with Gasteiger partial charge in [0.25, 0.3) is 0 Å². The predicted molar refractivity (Wildman–Crippen MR) is 211 cm³/mol. The van der Waals surface area contributed by atoms with Gasteiger partial charge in [-0.05, 0) is 38.5 Å². The molecule has 3 N–H and O–H groups in total. The second kappa shape index (κ2) is 38.5. The van der Waals surface area contributed by atoms with Gasteiger partial charge in [-0.25, -0.2) is 4.57 Å². The number of phosphoric acid groups is 1. The van der Waals surface area contributed by atoms with Crippen molar-refractivity contribution in [2.45, 2.75) is 213 Å². The maximum absolute atomic E-state index is 12.6. The Labute approximate surface area is 313 Å². The van der Waals surface area contributed by atoms with Crippen LogP contribution < -0.4 is 5.73 Å². The highest BCUT2D eigenvalue weighted by Crippen LogP contribution is 2.43. The average molecular weight is 746 g/mol. The van der Waals surface area contributed by atoms with E-state index < -0.39 is 26.5 Å². The van der Waals surface area contributed by atoms with Gasteiger partial charge in [0.2, 0.25) is 0 Å². The summed E-state index contributed by atoms with van der Waals surface area (Å²) in [6.07, 6.45) is 38.1. The van der Waals surface area contributed by atoms with Crippen molar-refractivity contribution >= 4 is 19.8 Å². The molecule has 51 heavy (non-hydrogen) atoms. The molecule has 0 radical (unpaired) electrons. The lowest BCUT2D eigenvalue weighted by Gasteiger charge is -2.19. The second-order valence-electron chi connectivity index (χ2n) is 14.2. The summed E-state index contributed by atoms with van der Waals surface area (Å²) in [7, 11) is -4.37. The lowest BCUT2D eigenvalue weighted by atomic mass is 10.0. The molecule has 0 spiro atoms. The number of allylic oxidation sites excluding steroid dienone is 2. The number of esters is 2. The number of hydrogen-bond acceptors (Lipinski definition) is 8. The average Bonchev–Trinajstić information content (AvgIpc) is 3.11. The SMILES string of the molecule is CCCCCCCCC=CCCCCCCCCCC(=O)O[C@H](COC(=O)CCCCCCCCCCCCCCC)COP(=O)(O)OCCN. The summed E-state index contributed by atoms with van der Waals surface area (Å²) in [5, 5.41) is 0. The van der Waals surface area contributed by atoms with Gasteiger partial charge >= 0.3 is 19.8 Å². The van der Waals surface area contributed by atoms with E-state index in [1.165, 1.54) is 128 Å². The van der Waals surface area contributed by atoms with Crippen molar-refractivity contribution in [3.8, 4) is 0 Å². The first-order valence-corrected chi connectivity index (χ1v) is 22.7. The van der Waals surface area contributed by atoms with E-state index in [1.54, 1.807) is 0 Å². The van der Waals surface area contributed by atoms with E-state index in [-0.39, 0.29) is 38.6 Å². The Morgan fingerprint density at radius 2 is 0.961 bits per heavy atom. The third-order valence-corrected chi connectivity index (χ3v) is 10.1. The third kappa shape index (κ3) is 38.3. The van der Waals surface area contributed by atoms with Gasteiger partial charge in [0.05, 0.1) is 13.2 Å². The molecule has 2 atom stereocenters. The molecule has 0 aromatic carbocycles. The van der Waals surface area contributed by atoms with Gasteiger partial charge < -0.3 is 20.1 Å². The number of unbranched alkanes of at least 4 members (excludes halogenated alkanes) is 25. The highest BCUT2D eigenvalue weighted by molar-refractivity contribution is 7.47. The molecule has 10 heteroatoms. The molecule has 0 amide bonds. The number of carbonyl (C=O) groups is 2. The van der Waals surface area contributed by atoms with E-state index in [0.717, 1.165) is 44.9 Å². The van der Waals surface area contributed by atoms with Crippen LogP contribution in [0.3, 0.4) is 0 Å². The maximum atomic E-state index is 12.6. The summed E-state index contributed by atoms with van der Waals surface area (Å²) in [6.45, 7) is 3.74. The first kappa shape index (κ1) is 49.8. The van der Waals surface area contributed by atoms with Crippen molar-refractivity contribution in [2.75, 3.05) is 26.4 Å². The van der Waals surface area contributed by atoms with Crippen molar-refractivity contribution in [3.05, 3.63) is 12.2 Å². The van der Waals surface area contributed by atoms with Crippen LogP contribution in [-0.4, -0.2) is 49.3 Å². The van der Waals surface area contributed by atoms with Gasteiger partial charge in [-0.3, -0.25) is 18.6 Å². The molecule has 1 unspecified atom stereocenters. The fraction of sp³-hybridized carbons (Fsp3) is 0.902. The minimum atomic E-state index is -4.37. The molecule has 0 saturated carbocycles. The fourth-order valence-electron chi connectivity index (χ4n) is 5.98. The topological polar surface area (TPSA) is 134 Å². The largest absolute Gasteiger partial charge is 0.472 e. The van der Waals surface area contributed by atoms with Crippen LogP contribution >= 0.6 is 7.82 Å². The molecule has 0 saturated heterocycles. The highest BCUT2D eigenvalue weighted by Gasteiger charge is 2.26. The molecule has 0 aliphatic heterocycles.